The zero-order valence-corrected chi connectivity index (χ0v) is 13.7. The predicted molar refractivity (Wildman–Crippen MR) is 83.8 cm³/mol. The molecule has 0 aliphatic rings. The first-order valence-electron chi connectivity index (χ1n) is 6.93. The number of carbonyl (C=O) groups is 1. The monoisotopic (exact) mass is 314 g/mol. The zero-order valence-electron chi connectivity index (χ0n) is 12.9. The lowest BCUT2D eigenvalue weighted by molar-refractivity contribution is -0.125. The first-order valence-corrected chi connectivity index (χ1v) is 7.31. The van der Waals surface area contributed by atoms with Gasteiger partial charge in [0.15, 0.2) is 11.5 Å². The number of nitrogens with one attached hydrogen (secondary N) is 1. The van der Waals surface area contributed by atoms with Gasteiger partial charge in [0.05, 0.1) is 18.7 Å². The molecule has 118 valence electrons. The summed E-state index contributed by atoms with van der Waals surface area (Å²) in [6, 6.07) is 3.36. The molecule has 1 aromatic rings. The second kappa shape index (κ2) is 8.10. The quantitative estimate of drug-likeness (QED) is 0.810. The number of hydrogen-bond donors (Lipinski definition) is 2. The molecule has 1 aromatic carbocycles. The maximum Gasteiger partial charge on any atom is 0.224 e. The molecule has 1 rings (SSSR count). The Morgan fingerprint density at radius 2 is 2.10 bits per heavy atom. The molecule has 6 heteroatoms. The van der Waals surface area contributed by atoms with Crippen LogP contribution in [0.3, 0.4) is 0 Å². The molecular formula is C15H23ClN2O3. The van der Waals surface area contributed by atoms with Crippen LogP contribution in [0.5, 0.6) is 11.5 Å². The molecular weight excluding hydrogens is 292 g/mol. The van der Waals surface area contributed by atoms with Gasteiger partial charge in [-0.05, 0) is 31.5 Å². The van der Waals surface area contributed by atoms with Crippen molar-refractivity contribution in [3.8, 4) is 11.5 Å². The van der Waals surface area contributed by atoms with Crippen molar-refractivity contribution < 1.29 is 14.3 Å². The van der Waals surface area contributed by atoms with E-state index in [-0.39, 0.29) is 17.9 Å². The highest BCUT2D eigenvalue weighted by Gasteiger charge is 2.17. The van der Waals surface area contributed by atoms with Gasteiger partial charge in [0.1, 0.15) is 0 Å². The van der Waals surface area contributed by atoms with Crippen LogP contribution in [0.2, 0.25) is 5.02 Å². The second-order valence-corrected chi connectivity index (χ2v) is 5.31. The molecule has 1 amide bonds. The van der Waals surface area contributed by atoms with E-state index in [0.717, 1.165) is 5.56 Å². The van der Waals surface area contributed by atoms with Crippen molar-refractivity contribution in [2.45, 2.75) is 33.4 Å². The van der Waals surface area contributed by atoms with Gasteiger partial charge in [-0.1, -0.05) is 18.5 Å². The summed E-state index contributed by atoms with van der Waals surface area (Å²) in [7, 11) is 1.55. The highest BCUT2D eigenvalue weighted by Crippen LogP contribution is 2.36. The van der Waals surface area contributed by atoms with Crippen LogP contribution in [0.15, 0.2) is 12.1 Å². The molecule has 2 atom stereocenters. The summed E-state index contributed by atoms with van der Waals surface area (Å²) in [5.74, 6) is 0.730. The number of rotatable bonds is 7. The van der Waals surface area contributed by atoms with Crippen molar-refractivity contribution in [3.05, 3.63) is 22.7 Å². The Kier molecular flexibility index (Phi) is 6.78. The van der Waals surface area contributed by atoms with Crippen LogP contribution in [0.25, 0.3) is 0 Å². The normalized spacial score (nSPS) is 13.4. The van der Waals surface area contributed by atoms with E-state index >= 15 is 0 Å². The number of amides is 1. The van der Waals surface area contributed by atoms with Crippen LogP contribution in [-0.2, 0) is 11.3 Å². The summed E-state index contributed by atoms with van der Waals surface area (Å²) < 4.78 is 10.7. The standard InChI is InChI=1S/C15H23ClN2O3/c1-5-21-14-12(16)6-11(7-13(14)20-4)8-18-15(19)9(2)10(3)17/h6-7,9-10H,5,8,17H2,1-4H3,(H,18,19). The Hall–Kier alpha value is -1.46. The molecule has 0 radical (unpaired) electrons. The lowest BCUT2D eigenvalue weighted by atomic mass is 10.0. The molecule has 0 aliphatic heterocycles. The first-order chi connectivity index (χ1) is 9.90. The van der Waals surface area contributed by atoms with Crippen LogP contribution in [0.4, 0.5) is 0 Å². The molecule has 0 saturated heterocycles. The topological polar surface area (TPSA) is 73.6 Å². The van der Waals surface area contributed by atoms with Crippen molar-refractivity contribution in [3.63, 3.8) is 0 Å². The summed E-state index contributed by atoms with van der Waals surface area (Å²) in [5, 5.41) is 3.30. The van der Waals surface area contributed by atoms with Crippen molar-refractivity contribution >= 4 is 17.5 Å². The van der Waals surface area contributed by atoms with Crippen LogP contribution < -0.4 is 20.5 Å². The van der Waals surface area contributed by atoms with E-state index in [1.54, 1.807) is 33.1 Å². The molecule has 5 nitrogen and oxygen atoms in total. The molecule has 0 saturated carbocycles. The number of ether oxygens (including phenoxy) is 2. The molecule has 0 aromatic heterocycles. The Labute approximate surface area is 130 Å². The lowest BCUT2D eigenvalue weighted by Crippen LogP contribution is -2.38. The number of methoxy groups -OCH3 is 1. The molecule has 0 aliphatic carbocycles. The van der Waals surface area contributed by atoms with Crippen LogP contribution >= 0.6 is 11.6 Å². The fourth-order valence-corrected chi connectivity index (χ4v) is 2.04. The van der Waals surface area contributed by atoms with E-state index in [1.165, 1.54) is 0 Å². The van der Waals surface area contributed by atoms with Gasteiger partial charge in [-0.2, -0.15) is 0 Å². The molecule has 0 heterocycles. The van der Waals surface area contributed by atoms with E-state index in [1.807, 2.05) is 6.92 Å². The minimum absolute atomic E-state index is 0.0889. The minimum Gasteiger partial charge on any atom is -0.493 e. The fourth-order valence-electron chi connectivity index (χ4n) is 1.75. The third-order valence-corrected chi connectivity index (χ3v) is 3.53. The highest BCUT2D eigenvalue weighted by atomic mass is 35.5. The number of halogens is 1. The van der Waals surface area contributed by atoms with Gasteiger partial charge in [-0.25, -0.2) is 0 Å². The summed E-state index contributed by atoms with van der Waals surface area (Å²) in [5.41, 5.74) is 6.55. The van der Waals surface area contributed by atoms with Crippen LogP contribution in [0, 0.1) is 5.92 Å². The van der Waals surface area contributed by atoms with E-state index in [9.17, 15) is 4.79 Å². The molecule has 21 heavy (non-hydrogen) atoms. The maximum absolute atomic E-state index is 11.9. The number of hydrogen-bond acceptors (Lipinski definition) is 4. The maximum atomic E-state index is 11.9. The summed E-state index contributed by atoms with van der Waals surface area (Å²) in [6.45, 7) is 6.34. The summed E-state index contributed by atoms with van der Waals surface area (Å²) in [6.07, 6.45) is 0. The van der Waals surface area contributed by atoms with Gasteiger partial charge in [0.25, 0.3) is 0 Å². The van der Waals surface area contributed by atoms with Gasteiger partial charge in [-0.3, -0.25) is 4.79 Å². The van der Waals surface area contributed by atoms with Crippen molar-refractivity contribution in [2.24, 2.45) is 11.7 Å². The lowest BCUT2D eigenvalue weighted by Gasteiger charge is -2.16. The SMILES string of the molecule is CCOc1c(Cl)cc(CNC(=O)C(C)C(C)N)cc1OC. The molecule has 3 N–H and O–H groups in total. The minimum atomic E-state index is -0.245. The Bertz CT molecular complexity index is 492. The van der Waals surface area contributed by atoms with Gasteiger partial charge >= 0.3 is 0 Å². The van der Waals surface area contributed by atoms with Crippen molar-refractivity contribution in [1.29, 1.82) is 0 Å². The molecule has 2 unspecified atom stereocenters. The van der Waals surface area contributed by atoms with Gasteiger partial charge in [-0.15, -0.1) is 0 Å². The third-order valence-electron chi connectivity index (χ3n) is 3.25. The van der Waals surface area contributed by atoms with Gasteiger partial charge in [0.2, 0.25) is 5.91 Å². The van der Waals surface area contributed by atoms with E-state index in [4.69, 9.17) is 26.8 Å². The number of nitrogens with two attached hydrogens (primary N) is 1. The average Bonchev–Trinajstić information content (AvgIpc) is 2.46. The smallest absolute Gasteiger partial charge is 0.224 e. The van der Waals surface area contributed by atoms with Crippen molar-refractivity contribution in [2.75, 3.05) is 13.7 Å². The second-order valence-electron chi connectivity index (χ2n) is 4.91. The van der Waals surface area contributed by atoms with Crippen molar-refractivity contribution in [1.82, 2.24) is 5.32 Å². The fraction of sp³-hybridized carbons (Fsp3) is 0.533. The summed E-state index contributed by atoms with van der Waals surface area (Å²) >= 11 is 6.18. The summed E-state index contributed by atoms with van der Waals surface area (Å²) in [4.78, 5) is 11.9. The third kappa shape index (κ3) is 4.79. The average molecular weight is 315 g/mol. The zero-order chi connectivity index (χ0) is 16.0. The molecule has 0 spiro atoms. The van der Waals surface area contributed by atoms with Crippen LogP contribution in [0.1, 0.15) is 26.3 Å². The van der Waals surface area contributed by atoms with E-state index in [0.29, 0.717) is 29.7 Å². The Morgan fingerprint density at radius 3 is 2.62 bits per heavy atom. The molecule has 0 fully saturated rings. The predicted octanol–water partition coefficient (Wildman–Crippen LogP) is 2.35. The van der Waals surface area contributed by atoms with Gasteiger partial charge < -0.3 is 20.5 Å². The van der Waals surface area contributed by atoms with Crippen LogP contribution in [-0.4, -0.2) is 25.7 Å². The first kappa shape index (κ1) is 17.6. The van der Waals surface area contributed by atoms with Gasteiger partial charge in [0, 0.05) is 18.5 Å². The number of benzene rings is 1. The van der Waals surface area contributed by atoms with E-state index in [2.05, 4.69) is 5.32 Å². The molecule has 0 bridgehead atoms. The Balaban J connectivity index is 2.81. The Morgan fingerprint density at radius 1 is 1.43 bits per heavy atom. The largest absolute Gasteiger partial charge is 0.493 e. The van der Waals surface area contributed by atoms with E-state index < -0.39 is 0 Å². The number of carbonyl (C=O) groups excluding carboxylic acids is 1. The highest BCUT2D eigenvalue weighted by molar-refractivity contribution is 6.32.